The summed E-state index contributed by atoms with van der Waals surface area (Å²) in [7, 11) is 0. The quantitative estimate of drug-likeness (QED) is 0.331. The smallest absolute Gasteiger partial charge is 0.187 e. The van der Waals surface area contributed by atoms with Crippen LogP contribution in [0, 0.1) is 5.92 Å². The monoisotopic (exact) mass is 308 g/mol. The van der Waals surface area contributed by atoms with Gasteiger partial charge in [-0.05, 0) is 19.3 Å². The summed E-state index contributed by atoms with van der Waals surface area (Å²) in [6, 6.07) is 0. The van der Waals surface area contributed by atoms with E-state index in [1.807, 2.05) is 0 Å². The van der Waals surface area contributed by atoms with Crippen molar-refractivity contribution < 1.29 is 40.1 Å². The Bertz CT molecular complexity index is 366. The molecule has 1 aliphatic carbocycles. The van der Waals surface area contributed by atoms with Gasteiger partial charge in [-0.3, -0.25) is 0 Å². The molecule has 21 heavy (non-hydrogen) atoms. The molecular formula is C13H24O8. The van der Waals surface area contributed by atoms with E-state index in [0.29, 0.717) is 0 Å². The molecule has 124 valence electrons. The SMILES string of the molecule is CC1O[C@H](OC2(CO)C[C@H](C)C(O)[C@@H]2O)[C@H](O)C(O)[C@@H]1O. The molecule has 8 nitrogen and oxygen atoms in total. The third kappa shape index (κ3) is 2.82. The molecule has 0 radical (unpaired) electrons. The summed E-state index contributed by atoms with van der Waals surface area (Å²) in [6.45, 7) is 2.63. The van der Waals surface area contributed by atoms with E-state index in [4.69, 9.17) is 9.47 Å². The molecule has 0 aromatic rings. The maximum absolute atomic E-state index is 10.1. The van der Waals surface area contributed by atoms with Crippen molar-refractivity contribution in [2.24, 2.45) is 5.92 Å². The van der Waals surface area contributed by atoms with Crippen LogP contribution in [0.3, 0.4) is 0 Å². The van der Waals surface area contributed by atoms with E-state index in [0.717, 1.165) is 0 Å². The summed E-state index contributed by atoms with van der Waals surface area (Å²) in [4.78, 5) is 0. The molecule has 8 heteroatoms. The third-order valence-corrected chi connectivity index (χ3v) is 4.54. The second-order valence-electron chi connectivity index (χ2n) is 6.14. The lowest BCUT2D eigenvalue weighted by Crippen LogP contribution is -2.61. The van der Waals surface area contributed by atoms with Crippen molar-refractivity contribution in [3.05, 3.63) is 0 Å². The number of rotatable bonds is 3. The molecule has 4 unspecified atom stereocenters. The van der Waals surface area contributed by atoms with E-state index in [2.05, 4.69) is 0 Å². The molecule has 0 aromatic carbocycles. The summed E-state index contributed by atoms with van der Waals surface area (Å²) in [5.74, 6) is -0.305. The van der Waals surface area contributed by atoms with E-state index in [1.165, 1.54) is 6.92 Å². The summed E-state index contributed by atoms with van der Waals surface area (Å²) in [5, 5.41) is 58.8. The van der Waals surface area contributed by atoms with E-state index in [1.54, 1.807) is 6.92 Å². The Kier molecular flexibility index (Phi) is 4.91. The van der Waals surface area contributed by atoms with Gasteiger partial charge in [-0.25, -0.2) is 0 Å². The Hall–Kier alpha value is -0.320. The van der Waals surface area contributed by atoms with Crippen LogP contribution in [0.2, 0.25) is 0 Å². The van der Waals surface area contributed by atoms with Crippen molar-refractivity contribution in [2.75, 3.05) is 6.61 Å². The highest BCUT2D eigenvalue weighted by Gasteiger charge is 2.55. The number of aliphatic hydroxyl groups excluding tert-OH is 6. The molecule has 1 heterocycles. The van der Waals surface area contributed by atoms with E-state index < -0.39 is 55.1 Å². The molecule has 0 amide bonds. The Morgan fingerprint density at radius 1 is 1.00 bits per heavy atom. The average Bonchev–Trinajstić information content (AvgIpc) is 2.67. The van der Waals surface area contributed by atoms with Gasteiger partial charge in [0.1, 0.15) is 30.0 Å². The second kappa shape index (κ2) is 6.05. The topological polar surface area (TPSA) is 140 Å². The van der Waals surface area contributed by atoms with Gasteiger partial charge in [0, 0.05) is 0 Å². The largest absolute Gasteiger partial charge is 0.393 e. The summed E-state index contributed by atoms with van der Waals surface area (Å²) in [5.41, 5.74) is -1.48. The minimum atomic E-state index is -1.53. The third-order valence-electron chi connectivity index (χ3n) is 4.54. The zero-order valence-electron chi connectivity index (χ0n) is 12.0. The van der Waals surface area contributed by atoms with Crippen LogP contribution in [0.25, 0.3) is 0 Å². The Labute approximate surface area is 122 Å². The van der Waals surface area contributed by atoms with Crippen LogP contribution >= 0.6 is 0 Å². The maximum atomic E-state index is 10.1. The summed E-state index contributed by atoms with van der Waals surface area (Å²) >= 11 is 0. The Morgan fingerprint density at radius 2 is 1.62 bits per heavy atom. The van der Waals surface area contributed by atoms with Crippen LogP contribution in [0.15, 0.2) is 0 Å². The average molecular weight is 308 g/mol. The lowest BCUT2D eigenvalue weighted by molar-refractivity contribution is -0.333. The fourth-order valence-corrected chi connectivity index (χ4v) is 3.06. The van der Waals surface area contributed by atoms with Crippen molar-refractivity contribution in [1.82, 2.24) is 0 Å². The molecule has 1 saturated heterocycles. The molecule has 0 bridgehead atoms. The highest BCUT2D eigenvalue weighted by Crippen LogP contribution is 2.40. The van der Waals surface area contributed by atoms with Crippen molar-refractivity contribution in [3.63, 3.8) is 0 Å². The molecule has 2 aliphatic rings. The van der Waals surface area contributed by atoms with Crippen LogP contribution < -0.4 is 0 Å². The van der Waals surface area contributed by atoms with Crippen LogP contribution in [-0.2, 0) is 9.47 Å². The molecule has 2 rings (SSSR count). The predicted octanol–water partition coefficient (Wildman–Crippen LogP) is -2.68. The number of aliphatic hydroxyl groups is 6. The fourth-order valence-electron chi connectivity index (χ4n) is 3.06. The zero-order chi connectivity index (χ0) is 15.9. The van der Waals surface area contributed by atoms with Crippen molar-refractivity contribution in [3.8, 4) is 0 Å². The molecule has 6 N–H and O–H groups in total. The highest BCUT2D eigenvalue weighted by atomic mass is 16.7. The van der Waals surface area contributed by atoms with Gasteiger partial charge in [-0.2, -0.15) is 0 Å². The first-order chi connectivity index (χ1) is 9.73. The van der Waals surface area contributed by atoms with Gasteiger partial charge >= 0.3 is 0 Å². The molecule has 9 atom stereocenters. The normalized spacial score (nSPS) is 54.9. The number of ether oxygens (including phenoxy) is 2. The first kappa shape index (κ1) is 17.0. The van der Waals surface area contributed by atoms with Crippen molar-refractivity contribution in [2.45, 2.75) is 68.8 Å². The van der Waals surface area contributed by atoms with Gasteiger partial charge < -0.3 is 40.1 Å². The molecule has 2 fully saturated rings. The highest BCUT2D eigenvalue weighted by molar-refractivity contribution is 5.03. The van der Waals surface area contributed by atoms with Crippen LogP contribution in [0.5, 0.6) is 0 Å². The fraction of sp³-hybridized carbons (Fsp3) is 1.00. The standard InChI is InChI=1S/C13H24O8/c1-5-3-13(4-14,11(19)7(5)15)21-12-10(18)9(17)8(16)6(2)20-12/h5-12,14-19H,3-4H2,1-2H3/t5-,6?,7?,8+,9?,10+,11-,12+,13?/m0/s1. The molecule has 1 saturated carbocycles. The van der Waals surface area contributed by atoms with E-state index in [9.17, 15) is 30.6 Å². The predicted molar refractivity (Wildman–Crippen MR) is 69.1 cm³/mol. The minimum absolute atomic E-state index is 0.172. The number of hydrogen-bond acceptors (Lipinski definition) is 8. The van der Waals surface area contributed by atoms with Gasteiger partial charge in [0.25, 0.3) is 0 Å². The van der Waals surface area contributed by atoms with E-state index in [-0.39, 0.29) is 12.3 Å². The summed E-state index contributed by atoms with van der Waals surface area (Å²) < 4.78 is 10.8. The number of hydrogen-bond donors (Lipinski definition) is 6. The molecule has 0 aromatic heterocycles. The lowest BCUT2D eigenvalue weighted by Gasteiger charge is -2.43. The first-order valence-corrected chi connectivity index (χ1v) is 7.08. The van der Waals surface area contributed by atoms with Gasteiger partial charge in [0.2, 0.25) is 0 Å². The van der Waals surface area contributed by atoms with Crippen molar-refractivity contribution in [1.29, 1.82) is 0 Å². The van der Waals surface area contributed by atoms with Crippen molar-refractivity contribution >= 4 is 0 Å². The summed E-state index contributed by atoms with van der Waals surface area (Å²) in [6.07, 6.45) is -8.59. The Balaban J connectivity index is 2.15. The molecule has 1 aliphatic heterocycles. The second-order valence-corrected chi connectivity index (χ2v) is 6.14. The molecular weight excluding hydrogens is 284 g/mol. The van der Waals surface area contributed by atoms with E-state index >= 15 is 0 Å². The first-order valence-electron chi connectivity index (χ1n) is 7.08. The van der Waals surface area contributed by atoms with Crippen LogP contribution in [0.4, 0.5) is 0 Å². The van der Waals surface area contributed by atoms with Gasteiger partial charge in [0.15, 0.2) is 6.29 Å². The maximum Gasteiger partial charge on any atom is 0.187 e. The van der Waals surface area contributed by atoms with Gasteiger partial charge in [-0.15, -0.1) is 0 Å². The zero-order valence-corrected chi connectivity index (χ0v) is 12.0. The molecule has 0 spiro atoms. The van der Waals surface area contributed by atoms with Gasteiger partial charge in [-0.1, -0.05) is 6.92 Å². The van der Waals surface area contributed by atoms with Crippen LogP contribution in [0.1, 0.15) is 20.3 Å². The van der Waals surface area contributed by atoms with Crippen LogP contribution in [-0.4, -0.2) is 85.8 Å². The lowest BCUT2D eigenvalue weighted by atomic mass is 9.97. The van der Waals surface area contributed by atoms with Gasteiger partial charge in [0.05, 0.1) is 18.8 Å². The minimum Gasteiger partial charge on any atom is -0.393 e. The Morgan fingerprint density at radius 3 is 2.10 bits per heavy atom.